The zero-order valence-electron chi connectivity index (χ0n) is 11.9. The van der Waals surface area contributed by atoms with Gasteiger partial charge in [-0.25, -0.2) is 9.97 Å². The van der Waals surface area contributed by atoms with Gasteiger partial charge >= 0.3 is 5.97 Å². The second kappa shape index (κ2) is 5.33. The monoisotopic (exact) mass is 302 g/mol. The van der Waals surface area contributed by atoms with Crippen LogP contribution in [0, 0.1) is 6.92 Å². The number of ether oxygens (including phenoxy) is 1. The Bertz CT molecular complexity index is 830. The molecule has 7 heteroatoms. The molecule has 0 aliphatic carbocycles. The van der Waals surface area contributed by atoms with Crippen molar-refractivity contribution < 1.29 is 9.53 Å². The molecule has 0 unspecified atom stereocenters. The molecule has 108 valence electrons. The van der Waals surface area contributed by atoms with E-state index in [1.54, 1.807) is 11.4 Å². The molecule has 0 fully saturated rings. The maximum atomic E-state index is 11.6. The summed E-state index contributed by atoms with van der Waals surface area (Å²) in [6.07, 6.45) is 0. The van der Waals surface area contributed by atoms with Crippen LogP contribution in [0.3, 0.4) is 0 Å². The standard InChI is InChI=1S/C14H14N4O2S/c1-8(13(19)20-3)21-14-16-11-7-5-4-6-10(11)12-15-9(2)17-18(12)14/h4-8H,1-3H3/t8-/m0/s1. The van der Waals surface area contributed by atoms with E-state index in [1.165, 1.54) is 18.9 Å². The van der Waals surface area contributed by atoms with Crippen LogP contribution in [0.5, 0.6) is 0 Å². The van der Waals surface area contributed by atoms with E-state index in [1.807, 2.05) is 31.2 Å². The van der Waals surface area contributed by atoms with Gasteiger partial charge in [-0.2, -0.15) is 4.52 Å². The lowest BCUT2D eigenvalue weighted by Gasteiger charge is -2.10. The molecule has 0 radical (unpaired) electrons. The summed E-state index contributed by atoms with van der Waals surface area (Å²) in [6.45, 7) is 3.61. The van der Waals surface area contributed by atoms with Gasteiger partial charge in [0.15, 0.2) is 10.8 Å². The Balaban J connectivity index is 2.18. The van der Waals surface area contributed by atoms with Crippen molar-refractivity contribution in [3.63, 3.8) is 0 Å². The van der Waals surface area contributed by atoms with Crippen LogP contribution >= 0.6 is 11.8 Å². The number of thioether (sulfide) groups is 1. The van der Waals surface area contributed by atoms with Crippen LogP contribution in [0.25, 0.3) is 16.6 Å². The summed E-state index contributed by atoms with van der Waals surface area (Å²) in [5, 5.41) is 5.57. The Morgan fingerprint density at radius 1 is 1.33 bits per heavy atom. The first-order valence-electron chi connectivity index (χ1n) is 6.46. The maximum absolute atomic E-state index is 11.6. The molecule has 3 rings (SSSR count). The summed E-state index contributed by atoms with van der Waals surface area (Å²) in [7, 11) is 1.38. The molecular weight excluding hydrogens is 288 g/mol. The van der Waals surface area contributed by atoms with Crippen molar-refractivity contribution >= 4 is 34.3 Å². The predicted octanol–water partition coefficient (Wildman–Crippen LogP) is 2.24. The van der Waals surface area contributed by atoms with Gasteiger partial charge in [-0.1, -0.05) is 23.9 Å². The number of aromatic nitrogens is 4. The fourth-order valence-electron chi connectivity index (χ4n) is 2.08. The smallest absolute Gasteiger partial charge is 0.318 e. The lowest BCUT2D eigenvalue weighted by molar-refractivity contribution is -0.139. The van der Waals surface area contributed by atoms with Crippen molar-refractivity contribution in [2.24, 2.45) is 0 Å². The summed E-state index contributed by atoms with van der Waals surface area (Å²) in [5.41, 5.74) is 1.58. The first-order valence-corrected chi connectivity index (χ1v) is 7.34. The molecule has 2 aromatic heterocycles. The zero-order chi connectivity index (χ0) is 15.0. The fourth-order valence-corrected chi connectivity index (χ4v) is 2.97. The van der Waals surface area contributed by atoms with Gasteiger partial charge in [0.1, 0.15) is 11.1 Å². The summed E-state index contributed by atoms with van der Waals surface area (Å²) in [6, 6.07) is 7.75. The number of rotatable bonds is 3. The third kappa shape index (κ3) is 2.44. The van der Waals surface area contributed by atoms with Gasteiger partial charge in [0.25, 0.3) is 0 Å². The molecule has 0 saturated heterocycles. The lowest BCUT2D eigenvalue weighted by atomic mass is 10.2. The van der Waals surface area contributed by atoms with Crippen molar-refractivity contribution in [2.45, 2.75) is 24.3 Å². The average molecular weight is 302 g/mol. The first-order chi connectivity index (χ1) is 10.1. The van der Waals surface area contributed by atoms with Gasteiger partial charge in [-0.15, -0.1) is 5.10 Å². The number of nitrogens with zero attached hydrogens (tertiary/aromatic N) is 4. The lowest BCUT2D eigenvalue weighted by Crippen LogP contribution is -2.16. The number of hydrogen-bond donors (Lipinski definition) is 0. The van der Waals surface area contributed by atoms with Gasteiger partial charge in [0, 0.05) is 5.39 Å². The molecule has 6 nitrogen and oxygen atoms in total. The largest absolute Gasteiger partial charge is 0.468 e. The molecule has 2 heterocycles. The van der Waals surface area contributed by atoms with Crippen molar-refractivity contribution in [3.8, 4) is 0 Å². The molecule has 1 aromatic carbocycles. The average Bonchev–Trinajstić information content (AvgIpc) is 2.88. The van der Waals surface area contributed by atoms with E-state index in [9.17, 15) is 4.79 Å². The summed E-state index contributed by atoms with van der Waals surface area (Å²) in [4.78, 5) is 20.7. The number of aryl methyl sites for hydroxylation is 1. The van der Waals surface area contributed by atoms with E-state index in [-0.39, 0.29) is 11.2 Å². The van der Waals surface area contributed by atoms with Crippen LogP contribution in [0.15, 0.2) is 29.4 Å². The minimum Gasteiger partial charge on any atom is -0.468 e. The van der Waals surface area contributed by atoms with Crippen molar-refractivity contribution in [1.82, 2.24) is 19.6 Å². The van der Waals surface area contributed by atoms with E-state index < -0.39 is 0 Å². The van der Waals surface area contributed by atoms with Crippen molar-refractivity contribution in [2.75, 3.05) is 7.11 Å². The normalized spacial score (nSPS) is 12.7. The van der Waals surface area contributed by atoms with Gasteiger partial charge in [-0.05, 0) is 26.0 Å². The third-order valence-corrected chi connectivity index (χ3v) is 4.09. The quantitative estimate of drug-likeness (QED) is 0.420. The SMILES string of the molecule is COC(=O)[C@H](C)Sc1nc2ccccc2c2nc(C)nn12. The molecule has 0 aliphatic rings. The number of hydrogen-bond acceptors (Lipinski definition) is 6. The molecular formula is C14H14N4O2S. The molecule has 0 saturated carbocycles. The van der Waals surface area contributed by atoms with E-state index >= 15 is 0 Å². The minimum absolute atomic E-state index is 0.292. The predicted molar refractivity (Wildman–Crippen MR) is 80.4 cm³/mol. The number of carbonyl (C=O) groups is 1. The molecule has 0 bridgehead atoms. The molecule has 3 aromatic rings. The Hall–Kier alpha value is -2.15. The van der Waals surface area contributed by atoms with Gasteiger partial charge < -0.3 is 4.74 Å². The van der Waals surface area contributed by atoms with E-state index in [4.69, 9.17) is 4.74 Å². The second-order valence-corrected chi connectivity index (χ2v) is 5.90. The third-order valence-electron chi connectivity index (χ3n) is 3.07. The number of carbonyl (C=O) groups excluding carboxylic acids is 1. The Morgan fingerprint density at radius 3 is 2.86 bits per heavy atom. The van der Waals surface area contributed by atoms with E-state index in [2.05, 4.69) is 15.1 Å². The van der Waals surface area contributed by atoms with Crippen LogP contribution < -0.4 is 0 Å². The number of methoxy groups -OCH3 is 1. The zero-order valence-corrected chi connectivity index (χ0v) is 12.7. The Labute approximate surface area is 125 Å². The highest BCUT2D eigenvalue weighted by Crippen LogP contribution is 2.26. The summed E-state index contributed by atoms with van der Waals surface area (Å²) >= 11 is 1.31. The maximum Gasteiger partial charge on any atom is 0.318 e. The van der Waals surface area contributed by atoms with Crippen molar-refractivity contribution in [1.29, 1.82) is 0 Å². The number of benzene rings is 1. The second-order valence-electron chi connectivity index (χ2n) is 4.59. The van der Waals surface area contributed by atoms with Gasteiger partial charge in [-0.3, -0.25) is 4.79 Å². The van der Waals surface area contributed by atoms with Crippen LogP contribution in [0.4, 0.5) is 0 Å². The number of esters is 1. The topological polar surface area (TPSA) is 69.4 Å². The van der Waals surface area contributed by atoms with Crippen LogP contribution in [0.1, 0.15) is 12.7 Å². The van der Waals surface area contributed by atoms with Gasteiger partial charge in [0.05, 0.1) is 12.6 Å². The highest BCUT2D eigenvalue weighted by molar-refractivity contribution is 8.00. The number of fused-ring (bicyclic) bond motifs is 3. The molecule has 0 spiro atoms. The van der Waals surface area contributed by atoms with Crippen LogP contribution in [0.2, 0.25) is 0 Å². The highest BCUT2D eigenvalue weighted by atomic mass is 32.2. The van der Waals surface area contributed by atoms with Crippen LogP contribution in [-0.2, 0) is 9.53 Å². The molecule has 0 N–H and O–H groups in total. The van der Waals surface area contributed by atoms with Gasteiger partial charge in [0.2, 0.25) is 0 Å². The van der Waals surface area contributed by atoms with E-state index in [0.29, 0.717) is 11.0 Å². The summed E-state index contributed by atoms with van der Waals surface area (Å²) in [5.74, 6) is 0.376. The molecule has 21 heavy (non-hydrogen) atoms. The summed E-state index contributed by atoms with van der Waals surface area (Å²) < 4.78 is 6.44. The molecule has 0 amide bonds. The van der Waals surface area contributed by atoms with Crippen molar-refractivity contribution in [3.05, 3.63) is 30.1 Å². The fraction of sp³-hybridized carbons (Fsp3) is 0.286. The Morgan fingerprint density at radius 2 is 2.10 bits per heavy atom. The van der Waals surface area contributed by atoms with E-state index in [0.717, 1.165) is 16.6 Å². The highest BCUT2D eigenvalue weighted by Gasteiger charge is 2.19. The molecule has 1 atom stereocenters. The number of para-hydroxylation sites is 1. The minimum atomic E-state index is -0.364. The molecule has 0 aliphatic heterocycles. The first kappa shape index (κ1) is 13.8. The Kier molecular flexibility index (Phi) is 3.50. The van der Waals surface area contributed by atoms with Crippen LogP contribution in [-0.4, -0.2) is 37.9 Å².